The third kappa shape index (κ3) is 4.84. The molecule has 2 saturated heterocycles. The predicted octanol–water partition coefficient (Wildman–Crippen LogP) is 1.24. The quantitative estimate of drug-likeness (QED) is 0.824. The van der Waals surface area contributed by atoms with Crippen LogP contribution >= 0.6 is 0 Å². The summed E-state index contributed by atoms with van der Waals surface area (Å²) in [7, 11) is 1.73. The SMILES string of the molecule is CN(CCCC(=O)O)C(=O)C1CCN(C(=O)N2CCCC2)CC1. The van der Waals surface area contributed by atoms with Crippen LogP contribution in [-0.4, -0.2) is 77.5 Å². The molecule has 7 nitrogen and oxygen atoms in total. The summed E-state index contributed by atoms with van der Waals surface area (Å²) >= 11 is 0. The first-order valence-corrected chi connectivity index (χ1v) is 8.49. The van der Waals surface area contributed by atoms with E-state index in [1.165, 1.54) is 0 Å². The summed E-state index contributed by atoms with van der Waals surface area (Å²) in [6.07, 6.45) is 4.12. The number of nitrogens with zero attached hydrogens (tertiary/aromatic N) is 3. The Kier molecular flexibility index (Phi) is 6.24. The van der Waals surface area contributed by atoms with Gasteiger partial charge in [0.25, 0.3) is 0 Å². The molecule has 23 heavy (non-hydrogen) atoms. The molecule has 3 amide bonds. The average molecular weight is 325 g/mol. The number of hydrogen-bond acceptors (Lipinski definition) is 3. The summed E-state index contributed by atoms with van der Waals surface area (Å²) in [5.41, 5.74) is 0. The Morgan fingerprint density at radius 1 is 1.04 bits per heavy atom. The average Bonchev–Trinajstić information content (AvgIpc) is 3.07. The highest BCUT2D eigenvalue weighted by Crippen LogP contribution is 2.21. The largest absolute Gasteiger partial charge is 0.481 e. The summed E-state index contributed by atoms with van der Waals surface area (Å²) < 4.78 is 0. The molecule has 0 saturated carbocycles. The van der Waals surface area contributed by atoms with E-state index < -0.39 is 5.97 Å². The van der Waals surface area contributed by atoms with Crippen molar-refractivity contribution < 1.29 is 19.5 Å². The summed E-state index contributed by atoms with van der Waals surface area (Å²) in [6.45, 7) is 3.44. The maximum absolute atomic E-state index is 12.4. The highest BCUT2D eigenvalue weighted by molar-refractivity contribution is 5.79. The van der Waals surface area contributed by atoms with Gasteiger partial charge in [-0.25, -0.2) is 4.79 Å². The van der Waals surface area contributed by atoms with E-state index in [1.807, 2.05) is 9.80 Å². The molecule has 2 fully saturated rings. The smallest absolute Gasteiger partial charge is 0.319 e. The Labute approximate surface area is 137 Å². The van der Waals surface area contributed by atoms with Crippen molar-refractivity contribution in [2.24, 2.45) is 5.92 Å². The molecule has 0 aromatic rings. The number of likely N-dealkylation sites (tertiary alicyclic amines) is 2. The minimum absolute atomic E-state index is 0.0487. The third-order valence-corrected chi connectivity index (χ3v) is 4.75. The summed E-state index contributed by atoms with van der Waals surface area (Å²) in [4.78, 5) is 40.6. The van der Waals surface area contributed by atoms with Crippen LogP contribution in [0.3, 0.4) is 0 Å². The molecule has 0 spiro atoms. The number of amides is 3. The molecule has 2 aliphatic heterocycles. The van der Waals surface area contributed by atoms with Gasteiger partial charge in [-0.2, -0.15) is 0 Å². The number of carboxylic acid groups (broad SMARTS) is 1. The van der Waals surface area contributed by atoms with Gasteiger partial charge in [0.2, 0.25) is 5.91 Å². The van der Waals surface area contributed by atoms with Gasteiger partial charge in [-0.05, 0) is 32.1 Å². The lowest BCUT2D eigenvalue weighted by molar-refractivity contribution is -0.139. The van der Waals surface area contributed by atoms with E-state index in [4.69, 9.17) is 5.11 Å². The van der Waals surface area contributed by atoms with E-state index in [1.54, 1.807) is 11.9 Å². The first-order chi connectivity index (χ1) is 11.0. The fourth-order valence-electron chi connectivity index (χ4n) is 3.32. The van der Waals surface area contributed by atoms with Crippen molar-refractivity contribution in [2.75, 3.05) is 39.8 Å². The Morgan fingerprint density at radius 3 is 2.17 bits per heavy atom. The molecule has 130 valence electrons. The van der Waals surface area contributed by atoms with E-state index >= 15 is 0 Å². The topological polar surface area (TPSA) is 81.2 Å². The number of carbonyl (C=O) groups is 3. The molecule has 2 rings (SSSR count). The molecule has 7 heteroatoms. The van der Waals surface area contributed by atoms with Crippen molar-refractivity contribution >= 4 is 17.9 Å². The molecule has 0 bridgehead atoms. The van der Waals surface area contributed by atoms with Crippen LogP contribution in [0.25, 0.3) is 0 Å². The van der Waals surface area contributed by atoms with Gasteiger partial charge in [0, 0.05) is 52.1 Å². The molecule has 1 N–H and O–H groups in total. The summed E-state index contributed by atoms with van der Waals surface area (Å²) in [5.74, 6) is -0.810. The zero-order valence-corrected chi connectivity index (χ0v) is 13.9. The maximum Gasteiger partial charge on any atom is 0.319 e. The molecule has 0 aliphatic carbocycles. The summed E-state index contributed by atoms with van der Waals surface area (Å²) in [5, 5.41) is 8.64. The van der Waals surface area contributed by atoms with Crippen molar-refractivity contribution in [1.29, 1.82) is 0 Å². The first-order valence-electron chi connectivity index (χ1n) is 8.49. The molecule has 0 aromatic heterocycles. The maximum atomic E-state index is 12.4. The van der Waals surface area contributed by atoms with Crippen molar-refractivity contribution in [3.8, 4) is 0 Å². The predicted molar refractivity (Wildman–Crippen MR) is 85.0 cm³/mol. The zero-order valence-electron chi connectivity index (χ0n) is 13.9. The van der Waals surface area contributed by atoms with Crippen molar-refractivity contribution in [1.82, 2.24) is 14.7 Å². The lowest BCUT2D eigenvalue weighted by Gasteiger charge is -2.35. The number of hydrogen-bond donors (Lipinski definition) is 1. The van der Waals surface area contributed by atoms with Crippen LogP contribution in [0.5, 0.6) is 0 Å². The Balaban J connectivity index is 1.73. The van der Waals surface area contributed by atoms with Gasteiger partial charge in [-0.3, -0.25) is 9.59 Å². The second-order valence-electron chi connectivity index (χ2n) is 6.50. The highest BCUT2D eigenvalue weighted by Gasteiger charge is 2.31. The van der Waals surface area contributed by atoms with Crippen LogP contribution in [0, 0.1) is 5.92 Å². The molecular weight excluding hydrogens is 298 g/mol. The molecule has 0 radical (unpaired) electrons. The van der Waals surface area contributed by atoms with Crippen LogP contribution in [0.1, 0.15) is 38.5 Å². The second kappa shape index (κ2) is 8.17. The van der Waals surface area contributed by atoms with Crippen molar-refractivity contribution in [2.45, 2.75) is 38.5 Å². The van der Waals surface area contributed by atoms with Crippen LogP contribution in [0.4, 0.5) is 4.79 Å². The van der Waals surface area contributed by atoms with Gasteiger partial charge in [0.1, 0.15) is 0 Å². The monoisotopic (exact) mass is 325 g/mol. The highest BCUT2D eigenvalue weighted by atomic mass is 16.4. The molecule has 0 unspecified atom stereocenters. The number of carbonyl (C=O) groups excluding carboxylic acids is 2. The third-order valence-electron chi connectivity index (χ3n) is 4.75. The minimum atomic E-state index is -0.834. The van der Waals surface area contributed by atoms with E-state index in [9.17, 15) is 14.4 Å². The second-order valence-corrected chi connectivity index (χ2v) is 6.50. The molecule has 2 aliphatic rings. The fourth-order valence-corrected chi connectivity index (χ4v) is 3.32. The number of rotatable bonds is 5. The van der Waals surface area contributed by atoms with Gasteiger partial charge in [-0.15, -0.1) is 0 Å². The number of piperidine rings is 1. The lowest BCUT2D eigenvalue weighted by atomic mass is 9.95. The molecule has 0 atom stereocenters. The fraction of sp³-hybridized carbons (Fsp3) is 0.812. The van der Waals surface area contributed by atoms with Crippen LogP contribution in [0.2, 0.25) is 0 Å². The Hall–Kier alpha value is -1.79. The Morgan fingerprint density at radius 2 is 1.61 bits per heavy atom. The van der Waals surface area contributed by atoms with Crippen molar-refractivity contribution in [3.05, 3.63) is 0 Å². The van der Waals surface area contributed by atoms with Gasteiger partial charge in [-0.1, -0.05) is 0 Å². The summed E-state index contributed by atoms with van der Waals surface area (Å²) in [6, 6.07) is 0.114. The minimum Gasteiger partial charge on any atom is -0.481 e. The molecule has 0 aromatic carbocycles. The van der Waals surface area contributed by atoms with Gasteiger partial charge >= 0.3 is 12.0 Å². The number of aliphatic carboxylic acids is 1. The Bertz CT molecular complexity index is 441. The van der Waals surface area contributed by atoms with E-state index in [0.717, 1.165) is 25.9 Å². The van der Waals surface area contributed by atoms with Crippen LogP contribution in [-0.2, 0) is 9.59 Å². The molecular formula is C16H27N3O4. The normalized spacial score (nSPS) is 19.0. The van der Waals surface area contributed by atoms with E-state index in [0.29, 0.717) is 38.9 Å². The number of urea groups is 1. The first kappa shape index (κ1) is 17.6. The van der Waals surface area contributed by atoms with E-state index in [2.05, 4.69) is 0 Å². The zero-order chi connectivity index (χ0) is 16.8. The van der Waals surface area contributed by atoms with Crippen molar-refractivity contribution in [3.63, 3.8) is 0 Å². The van der Waals surface area contributed by atoms with E-state index in [-0.39, 0.29) is 24.3 Å². The lowest BCUT2D eigenvalue weighted by Crippen LogP contribution is -2.48. The van der Waals surface area contributed by atoms with Gasteiger partial charge < -0.3 is 19.8 Å². The van der Waals surface area contributed by atoms with Crippen LogP contribution < -0.4 is 0 Å². The van der Waals surface area contributed by atoms with Crippen LogP contribution in [0.15, 0.2) is 0 Å². The van der Waals surface area contributed by atoms with Gasteiger partial charge in [0.05, 0.1) is 0 Å². The van der Waals surface area contributed by atoms with Gasteiger partial charge in [0.15, 0.2) is 0 Å². The molecule has 2 heterocycles. The standard InChI is InChI=1S/C16H27N3O4/c1-17(8-4-5-14(20)21)15(22)13-6-11-19(12-7-13)16(23)18-9-2-3-10-18/h13H,2-12H2,1H3,(H,20,21). The number of carboxylic acids is 1.